The highest BCUT2D eigenvalue weighted by atomic mass is 16.7. The van der Waals surface area contributed by atoms with Crippen molar-refractivity contribution in [2.45, 2.75) is 6.92 Å². The number of imide groups is 2. The average molecular weight is 395 g/mol. The van der Waals surface area contributed by atoms with E-state index >= 15 is 0 Å². The summed E-state index contributed by atoms with van der Waals surface area (Å²) in [6, 6.07) is 8.09. The highest BCUT2D eigenvalue weighted by molar-refractivity contribution is 6.39. The lowest BCUT2D eigenvalue weighted by Gasteiger charge is -2.26. The molecule has 1 N–H and O–H groups in total. The summed E-state index contributed by atoms with van der Waals surface area (Å²) >= 11 is 0. The molecule has 4 rings (SSSR count). The van der Waals surface area contributed by atoms with Crippen LogP contribution < -0.4 is 19.7 Å². The monoisotopic (exact) mass is 395 g/mol. The number of nitro benzene ring substituents is 1. The Balaban J connectivity index is 1.79. The second kappa shape index (κ2) is 6.75. The predicted octanol–water partition coefficient (Wildman–Crippen LogP) is 2.30. The molecule has 10 nitrogen and oxygen atoms in total. The number of amides is 4. The zero-order chi connectivity index (χ0) is 20.7. The molecule has 2 heterocycles. The van der Waals surface area contributed by atoms with Crippen molar-refractivity contribution in [1.82, 2.24) is 5.32 Å². The topological polar surface area (TPSA) is 128 Å². The van der Waals surface area contributed by atoms with Crippen LogP contribution in [0.3, 0.4) is 0 Å². The lowest BCUT2D eigenvalue weighted by Crippen LogP contribution is -2.54. The van der Waals surface area contributed by atoms with Crippen LogP contribution in [0.5, 0.6) is 11.5 Å². The first-order valence-electron chi connectivity index (χ1n) is 8.41. The quantitative estimate of drug-likeness (QED) is 0.365. The van der Waals surface area contributed by atoms with Crippen LogP contribution in [0.1, 0.15) is 11.1 Å². The zero-order valence-electron chi connectivity index (χ0n) is 15.0. The molecule has 2 aromatic rings. The SMILES string of the molecule is Cc1ccc(N2C(=O)NC(=O)C(=Cc3cc4c(cc3[N+](=O)[O-])OCO4)C2=O)cc1. The van der Waals surface area contributed by atoms with Crippen LogP contribution in [0.2, 0.25) is 0 Å². The largest absolute Gasteiger partial charge is 0.454 e. The standard InChI is InChI=1S/C19H13N3O7/c1-10-2-4-12(5-3-10)21-18(24)13(17(23)20-19(21)25)6-11-7-15-16(29-9-28-15)8-14(11)22(26)27/h2-8H,9H2,1H3,(H,20,23,25). The van der Waals surface area contributed by atoms with Crippen molar-refractivity contribution in [2.24, 2.45) is 0 Å². The summed E-state index contributed by atoms with van der Waals surface area (Å²) in [5.41, 5.74) is 0.349. The molecule has 0 saturated carbocycles. The number of carbonyl (C=O) groups excluding carboxylic acids is 3. The number of anilines is 1. The van der Waals surface area contributed by atoms with Gasteiger partial charge < -0.3 is 9.47 Å². The van der Waals surface area contributed by atoms with E-state index in [0.29, 0.717) is 0 Å². The third-order valence-corrected chi connectivity index (χ3v) is 4.41. The van der Waals surface area contributed by atoms with E-state index in [-0.39, 0.29) is 35.2 Å². The first-order chi connectivity index (χ1) is 13.8. The van der Waals surface area contributed by atoms with E-state index in [0.717, 1.165) is 22.6 Å². The molecule has 0 spiro atoms. The van der Waals surface area contributed by atoms with Gasteiger partial charge >= 0.3 is 6.03 Å². The minimum atomic E-state index is -0.949. The molecule has 0 unspecified atom stereocenters. The Bertz CT molecular complexity index is 1110. The van der Waals surface area contributed by atoms with E-state index in [1.165, 1.54) is 6.07 Å². The van der Waals surface area contributed by atoms with Crippen LogP contribution in [-0.4, -0.2) is 29.6 Å². The van der Waals surface area contributed by atoms with E-state index < -0.39 is 28.3 Å². The Labute approximate surface area is 163 Å². The van der Waals surface area contributed by atoms with E-state index in [9.17, 15) is 24.5 Å². The molecule has 0 aliphatic carbocycles. The maximum atomic E-state index is 12.9. The van der Waals surface area contributed by atoms with E-state index in [2.05, 4.69) is 5.32 Å². The molecule has 146 valence electrons. The second-order valence-corrected chi connectivity index (χ2v) is 6.31. The highest BCUT2D eigenvalue weighted by Gasteiger charge is 2.37. The van der Waals surface area contributed by atoms with Gasteiger partial charge in [-0.05, 0) is 31.2 Å². The molecule has 1 fully saturated rings. The van der Waals surface area contributed by atoms with Crippen molar-refractivity contribution in [3.8, 4) is 11.5 Å². The van der Waals surface area contributed by atoms with Gasteiger partial charge in [0.25, 0.3) is 17.5 Å². The third kappa shape index (κ3) is 3.16. The summed E-state index contributed by atoms with van der Waals surface area (Å²) in [6.45, 7) is 1.75. The predicted molar refractivity (Wildman–Crippen MR) is 99.4 cm³/mol. The molecule has 0 radical (unpaired) electrons. The summed E-state index contributed by atoms with van der Waals surface area (Å²) in [4.78, 5) is 49.0. The Kier molecular flexibility index (Phi) is 4.23. The Morgan fingerprint density at radius 1 is 1.10 bits per heavy atom. The van der Waals surface area contributed by atoms with Gasteiger partial charge in [-0.2, -0.15) is 0 Å². The van der Waals surface area contributed by atoms with Gasteiger partial charge in [0.15, 0.2) is 11.5 Å². The average Bonchev–Trinajstić information content (AvgIpc) is 3.13. The number of rotatable bonds is 3. The minimum Gasteiger partial charge on any atom is -0.454 e. The third-order valence-electron chi connectivity index (χ3n) is 4.41. The molecule has 1 saturated heterocycles. The molecule has 2 aliphatic heterocycles. The van der Waals surface area contributed by atoms with Gasteiger partial charge in [-0.3, -0.25) is 25.0 Å². The molecule has 4 amide bonds. The number of urea groups is 1. The molecule has 29 heavy (non-hydrogen) atoms. The van der Waals surface area contributed by atoms with Gasteiger partial charge in [0.1, 0.15) is 5.57 Å². The lowest BCUT2D eigenvalue weighted by atomic mass is 10.0. The number of nitrogens with zero attached hydrogens (tertiary/aromatic N) is 2. The molecule has 0 bridgehead atoms. The molecular formula is C19H13N3O7. The van der Waals surface area contributed by atoms with E-state index in [4.69, 9.17) is 9.47 Å². The van der Waals surface area contributed by atoms with E-state index in [1.807, 2.05) is 6.92 Å². The van der Waals surface area contributed by atoms with Crippen molar-refractivity contribution in [3.05, 3.63) is 63.2 Å². The van der Waals surface area contributed by atoms with Crippen LogP contribution in [0, 0.1) is 17.0 Å². The van der Waals surface area contributed by atoms with Gasteiger partial charge in [0.2, 0.25) is 6.79 Å². The van der Waals surface area contributed by atoms with Crippen molar-refractivity contribution in [2.75, 3.05) is 11.7 Å². The van der Waals surface area contributed by atoms with Gasteiger partial charge in [0, 0.05) is 0 Å². The van der Waals surface area contributed by atoms with Crippen LogP contribution in [0.25, 0.3) is 6.08 Å². The van der Waals surface area contributed by atoms with Gasteiger partial charge in [-0.1, -0.05) is 17.7 Å². The van der Waals surface area contributed by atoms with Crippen LogP contribution in [0.4, 0.5) is 16.2 Å². The van der Waals surface area contributed by atoms with Gasteiger partial charge in [-0.15, -0.1) is 0 Å². The number of benzene rings is 2. The van der Waals surface area contributed by atoms with Gasteiger partial charge in [-0.25, -0.2) is 9.69 Å². The number of ether oxygens (including phenoxy) is 2. The fraction of sp³-hybridized carbons (Fsp3) is 0.105. The number of nitrogens with one attached hydrogen (secondary N) is 1. The number of barbiturate groups is 1. The Hall–Kier alpha value is -4.21. The fourth-order valence-electron chi connectivity index (χ4n) is 2.96. The molecule has 10 heteroatoms. The molecule has 2 aliphatic rings. The summed E-state index contributed by atoms with van der Waals surface area (Å²) in [7, 11) is 0. The van der Waals surface area contributed by atoms with Crippen LogP contribution in [-0.2, 0) is 9.59 Å². The molecule has 0 aromatic heterocycles. The first kappa shape index (κ1) is 18.2. The number of carbonyl (C=O) groups is 3. The number of aryl methyl sites for hydroxylation is 1. The highest BCUT2D eigenvalue weighted by Crippen LogP contribution is 2.39. The smallest absolute Gasteiger partial charge is 0.335 e. The number of nitro groups is 1. The molecule has 2 aromatic carbocycles. The summed E-state index contributed by atoms with van der Waals surface area (Å²) < 4.78 is 10.3. The van der Waals surface area contributed by atoms with Crippen molar-refractivity contribution < 1.29 is 28.8 Å². The maximum Gasteiger partial charge on any atom is 0.335 e. The summed E-state index contributed by atoms with van der Waals surface area (Å²) in [5, 5.41) is 13.5. The molecule has 0 atom stereocenters. The van der Waals surface area contributed by atoms with Crippen LogP contribution in [0.15, 0.2) is 42.0 Å². The van der Waals surface area contributed by atoms with Crippen molar-refractivity contribution >= 4 is 35.3 Å². The number of hydrogen-bond acceptors (Lipinski definition) is 7. The van der Waals surface area contributed by atoms with E-state index in [1.54, 1.807) is 24.3 Å². The Morgan fingerprint density at radius 3 is 2.41 bits per heavy atom. The summed E-state index contributed by atoms with van der Waals surface area (Å²) in [6.07, 6.45) is 1.06. The first-order valence-corrected chi connectivity index (χ1v) is 8.41. The minimum absolute atomic E-state index is 0.0315. The summed E-state index contributed by atoms with van der Waals surface area (Å²) in [5.74, 6) is -1.41. The Morgan fingerprint density at radius 2 is 1.76 bits per heavy atom. The maximum absolute atomic E-state index is 12.9. The van der Waals surface area contributed by atoms with Crippen molar-refractivity contribution in [1.29, 1.82) is 0 Å². The van der Waals surface area contributed by atoms with Crippen LogP contribution >= 0.6 is 0 Å². The zero-order valence-corrected chi connectivity index (χ0v) is 15.0. The van der Waals surface area contributed by atoms with Gasteiger partial charge in [0.05, 0.1) is 22.2 Å². The van der Waals surface area contributed by atoms with Crippen molar-refractivity contribution in [3.63, 3.8) is 0 Å². The number of hydrogen-bond donors (Lipinski definition) is 1. The normalized spacial score (nSPS) is 16.9. The molecular weight excluding hydrogens is 382 g/mol. The second-order valence-electron chi connectivity index (χ2n) is 6.31. The lowest BCUT2D eigenvalue weighted by molar-refractivity contribution is -0.385. The fourth-order valence-corrected chi connectivity index (χ4v) is 2.96. The number of fused-ring (bicyclic) bond motifs is 1.